The molecule has 2 aromatic carbocycles. The quantitative estimate of drug-likeness (QED) is 0.305. The summed E-state index contributed by atoms with van der Waals surface area (Å²) in [6.07, 6.45) is 3.00. The third-order valence-corrected chi connectivity index (χ3v) is 7.46. The Morgan fingerprint density at radius 1 is 1.14 bits per heavy atom. The van der Waals surface area contributed by atoms with Crippen LogP contribution < -0.4 is 15.8 Å². The Hall–Kier alpha value is -4.71. The van der Waals surface area contributed by atoms with Gasteiger partial charge in [0.2, 0.25) is 11.8 Å². The number of nitrogens with two attached hydrogens (primary N) is 1. The number of ether oxygens (including phenoxy) is 1. The van der Waals surface area contributed by atoms with Gasteiger partial charge in [0.05, 0.1) is 18.0 Å². The Balaban J connectivity index is 1.72. The average molecular weight is 620 g/mol. The van der Waals surface area contributed by atoms with E-state index in [2.05, 4.69) is 10.3 Å². The molecule has 1 saturated heterocycles. The number of nitrogens with zero attached hydrogens (tertiary/aromatic N) is 5. The lowest BCUT2D eigenvalue weighted by Crippen LogP contribution is -2.55. The summed E-state index contributed by atoms with van der Waals surface area (Å²) in [5, 5.41) is 3.29. The van der Waals surface area contributed by atoms with E-state index in [9.17, 15) is 19.2 Å². The van der Waals surface area contributed by atoms with Gasteiger partial charge >= 0.3 is 6.03 Å². The minimum Gasteiger partial charge on any atom is -0.487 e. The van der Waals surface area contributed by atoms with E-state index in [0.29, 0.717) is 29.5 Å². The maximum atomic E-state index is 14.5. The number of hydrogen-bond donors (Lipinski definition) is 2. The summed E-state index contributed by atoms with van der Waals surface area (Å²) in [6.45, 7) is 6.07. The van der Waals surface area contributed by atoms with E-state index in [1.807, 2.05) is 44.5 Å². The van der Waals surface area contributed by atoms with E-state index in [4.69, 9.17) is 27.1 Å². The number of carbonyl (C=O) groups excluding carboxylic acids is 4. The van der Waals surface area contributed by atoms with Crippen LogP contribution in [0.3, 0.4) is 0 Å². The monoisotopic (exact) mass is 619 g/mol. The maximum absolute atomic E-state index is 14.5. The molecular weight excluding hydrogens is 586 g/mol. The van der Waals surface area contributed by atoms with Gasteiger partial charge in [-0.05, 0) is 50.6 Å². The van der Waals surface area contributed by atoms with Gasteiger partial charge in [0.25, 0.3) is 0 Å². The number of hydrogen-bond acceptors (Lipinski definition) is 7. The summed E-state index contributed by atoms with van der Waals surface area (Å²) < 4.78 is 8.18. The van der Waals surface area contributed by atoms with Crippen molar-refractivity contribution in [3.05, 3.63) is 82.4 Å². The van der Waals surface area contributed by atoms with Crippen molar-refractivity contribution >= 4 is 41.1 Å². The summed E-state index contributed by atoms with van der Waals surface area (Å²) in [6, 6.07) is 10.2. The normalized spacial score (nSPS) is 18.6. The first-order valence-corrected chi connectivity index (χ1v) is 14.5. The summed E-state index contributed by atoms with van der Waals surface area (Å²) >= 11 is 6.24. The largest absolute Gasteiger partial charge is 0.487 e. The maximum Gasteiger partial charge on any atom is 0.326 e. The molecule has 44 heavy (non-hydrogen) atoms. The predicted octanol–water partition coefficient (Wildman–Crippen LogP) is 3.41. The van der Waals surface area contributed by atoms with Crippen LogP contribution >= 0.6 is 11.6 Å². The standard InChI is InChI=1S/C31H34ClN7O5/c1-31(2,3)44-23-15-19(22(40)16-24(33)41)7-10-21(23)28-36-26(29-35-11-13-37(29)4)27(18-5-8-20(32)9-6-18)39(28)30(43)38-14-12-34-25(42)17-38/h5-11,13,15,26-27H,12,14,16-17H2,1-4H3,(H2,33,41)(H,34,42). The number of amidine groups is 1. The molecule has 2 unspecified atom stereocenters. The number of amides is 4. The highest BCUT2D eigenvalue weighted by molar-refractivity contribution is 6.30. The SMILES string of the molecule is Cn1ccnc1C1N=C(c2ccc(C(=O)CC(N)=O)cc2OC(C)(C)C)N(C(=O)N2CCNC(=O)C2)C1c1ccc(Cl)cc1. The number of imidazole rings is 1. The van der Waals surface area contributed by atoms with Crippen molar-refractivity contribution in [2.45, 2.75) is 44.9 Å². The van der Waals surface area contributed by atoms with Crippen molar-refractivity contribution in [3.8, 4) is 5.75 Å². The molecule has 2 aliphatic heterocycles. The Kier molecular flexibility index (Phi) is 8.46. The molecule has 2 atom stereocenters. The molecular formula is C31H34ClN7O5. The van der Waals surface area contributed by atoms with Crippen LogP contribution in [0.5, 0.6) is 5.75 Å². The lowest BCUT2D eigenvalue weighted by molar-refractivity contribution is -0.123. The molecule has 0 radical (unpaired) electrons. The zero-order chi connectivity index (χ0) is 31.8. The first kappa shape index (κ1) is 30.7. The number of primary amides is 1. The van der Waals surface area contributed by atoms with Crippen LogP contribution in [-0.2, 0) is 16.6 Å². The number of piperazine rings is 1. The number of carbonyl (C=O) groups is 4. The van der Waals surface area contributed by atoms with E-state index in [-0.39, 0.29) is 29.6 Å². The van der Waals surface area contributed by atoms with Crippen LogP contribution in [0.4, 0.5) is 4.79 Å². The van der Waals surface area contributed by atoms with Crippen molar-refractivity contribution in [1.29, 1.82) is 0 Å². The predicted molar refractivity (Wildman–Crippen MR) is 163 cm³/mol. The van der Waals surface area contributed by atoms with Gasteiger partial charge in [0.15, 0.2) is 5.78 Å². The van der Waals surface area contributed by atoms with E-state index in [1.54, 1.807) is 41.6 Å². The first-order valence-electron chi connectivity index (χ1n) is 14.1. The first-order chi connectivity index (χ1) is 20.8. The fraction of sp³-hybridized carbons (Fsp3) is 0.355. The summed E-state index contributed by atoms with van der Waals surface area (Å²) in [5.74, 6) is -0.295. The Labute approximate surface area is 259 Å². The second-order valence-electron chi connectivity index (χ2n) is 11.7. The zero-order valence-electron chi connectivity index (χ0n) is 24.9. The molecule has 0 saturated carbocycles. The van der Waals surface area contributed by atoms with Gasteiger partial charge in [-0.3, -0.25) is 24.3 Å². The van der Waals surface area contributed by atoms with Crippen LogP contribution in [0.15, 0.2) is 59.9 Å². The molecule has 3 aromatic rings. The van der Waals surface area contributed by atoms with Gasteiger partial charge in [0.1, 0.15) is 35.6 Å². The van der Waals surface area contributed by atoms with Gasteiger partial charge in [0, 0.05) is 43.1 Å². The van der Waals surface area contributed by atoms with Crippen molar-refractivity contribution in [2.75, 3.05) is 19.6 Å². The molecule has 0 bridgehead atoms. The van der Waals surface area contributed by atoms with Crippen LogP contribution in [0.2, 0.25) is 5.02 Å². The van der Waals surface area contributed by atoms with Crippen LogP contribution in [0, 0.1) is 0 Å². The molecule has 5 rings (SSSR count). The van der Waals surface area contributed by atoms with Crippen LogP contribution in [0.1, 0.15) is 66.6 Å². The van der Waals surface area contributed by atoms with Gasteiger partial charge in [-0.15, -0.1) is 0 Å². The number of nitrogens with one attached hydrogen (secondary N) is 1. The molecule has 230 valence electrons. The van der Waals surface area contributed by atoms with Crippen molar-refractivity contribution < 1.29 is 23.9 Å². The number of halogens is 1. The molecule has 3 heterocycles. The van der Waals surface area contributed by atoms with Gasteiger partial charge in [-0.2, -0.15) is 0 Å². The number of aryl methyl sites for hydroxylation is 1. The molecule has 0 aliphatic carbocycles. The molecule has 3 N–H and O–H groups in total. The van der Waals surface area contributed by atoms with Crippen molar-refractivity contribution in [2.24, 2.45) is 17.8 Å². The molecule has 1 fully saturated rings. The Morgan fingerprint density at radius 3 is 2.48 bits per heavy atom. The second-order valence-corrected chi connectivity index (χ2v) is 12.1. The van der Waals surface area contributed by atoms with E-state index < -0.39 is 41.8 Å². The van der Waals surface area contributed by atoms with Crippen molar-refractivity contribution in [3.63, 3.8) is 0 Å². The van der Waals surface area contributed by atoms with E-state index >= 15 is 0 Å². The molecule has 0 spiro atoms. The number of ketones is 1. The highest BCUT2D eigenvalue weighted by atomic mass is 35.5. The Morgan fingerprint density at radius 2 is 1.86 bits per heavy atom. The van der Waals surface area contributed by atoms with Crippen molar-refractivity contribution in [1.82, 2.24) is 24.7 Å². The number of urea groups is 1. The summed E-state index contributed by atoms with van der Waals surface area (Å²) in [7, 11) is 1.85. The van der Waals surface area contributed by atoms with E-state index in [0.717, 1.165) is 5.56 Å². The van der Waals surface area contributed by atoms with Gasteiger partial charge in [-0.25, -0.2) is 9.78 Å². The Bertz CT molecular complexity index is 1640. The number of Topliss-reactive ketones (excluding diaryl/α,β-unsaturated/α-hetero) is 1. The van der Waals surface area contributed by atoms with Crippen LogP contribution in [-0.4, -0.2) is 74.1 Å². The second kappa shape index (κ2) is 12.1. The van der Waals surface area contributed by atoms with E-state index in [1.165, 1.54) is 11.0 Å². The molecule has 12 nitrogen and oxygen atoms in total. The number of aromatic nitrogens is 2. The molecule has 13 heteroatoms. The smallest absolute Gasteiger partial charge is 0.326 e. The lowest BCUT2D eigenvalue weighted by Gasteiger charge is -2.36. The third kappa shape index (κ3) is 6.45. The highest BCUT2D eigenvalue weighted by Gasteiger charge is 2.46. The number of benzene rings is 2. The fourth-order valence-electron chi connectivity index (χ4n) is 5.31. The number of aliphatic imine (C=N–C) groups is 1. The molecule has 2 aliphatic rings. The van der Waals surface area contributed by atoms with Gasteiger partial charge in [-0.1, -0.05) is 29.8 Å². The topological polar surface area (TPSA) is 152 Å². The van der Waals surface area contributed by atoms with Gasteiger partial charge < -0.3 is 25.3 Å². The summed E-state index contributed by atoms with van der Waals surface area (Å²) in [4.78, 5) is 63.8. The lowest BCUT2D eigenvalue weighted by atomic mass is 9.98. The van der Waals surface area contributed by atoms with Crippen LogP contribution in [0.25, 0.3) is 0 Å². The molecule has 4 amide bonds. The highest BCUT2D eigenvalue weighted by Crippen LogP contribution is 2.45. The zero-order valence-corrected chi connectivity index (χ0v) is 25.7. The minimum atomic E-state index is -0.747. The third-order valence-electron chi connectivity index (χ3n) is 7.21. The molecule has 1 aromatic heterocycles. The number of rotatable bonds is 7. The minimum absolute atomic E-state index is 0.116. The average Bonchev–Trinajstić information content (AvgIpc) is 3.55. The summed E-state index contributed by atoms with van der Waals surface area (Å²) in [5.41, 5.74) is 6.01. The fourth-order valence-corrected chi connectivity index (χ4v) is 5.43.